The second-order valence-corrected chi connectivity index (χ2v) is 19.4. The normalized spacial score (nSPS) is 23.6. The zero-order valence-electron chi connectivity index (χ0n) is 34.2. The Bertz CT molecular complexity index is 3750. The molecule has 14 rings (SSSR count). The van der Waals surface area contributed by atoms with Crippen molar-refractivity contribution < 1.29 is 75.4 Å². The van der Waals surface area contributed by atoms with Crippen molar-refractivity contribution in [2.24, 2.45) is 5.41 Å². The molecule has 1 fully saturated rings. The Morgan fingerprint density at radius 2 is 1.13 bits per heavy atom. The fourth-order valence-corrected chi connectivity index (χ4v) is 14.4. The van der Waals surface area contributed by atoms with Crippen LogP contribution < -0.4 is 0 Å². The van der Waals surface area contributed by atoms with E-state index in [9.17, 15) is 70.7 Å². The van der Waals surface area contributed by atoms with E-state index in [4.69, 9.17) is 0 Å². The number of halogens is 15. The monoisotopic (exact) mass is 954 g/mol. The first-order valence-corrected chi connectivity index (χ1v) is 21.5. The number of ether oxygens (including phenoxy) is 1. The Balaban J connectivity index is 0.857. The van der Waals surface area contributed by atoms with E-state index < -0.39 is 77.0 Å². The van der Waals surface area contributed by atoms with E-state index in [1.807, 2.05) is 30.3 Å². The van der Waals surface area contributed by atoms with Gasteiger partial charge in [-0.1, -0.05) is 78.9 Å². The molecule has 346 valence electrons. The minimum absolute atomic E-state index is 0.107. The van der Waals surface area contributed by atoms with E-state index in [-0.39, 0.29) is 12.8 Å². The third kappa shape index (κ3) is 3.75. The number of hydrogen-bond acceptors (Lipinski definition) is 2. The van der Waals surface area contributed by atoms with Crippen LogP contribution in [-0.4, -0.2) is 54.3 Å². The second kappa shape index (κ2) is 11.2. The number of alkyl halides is 15. The summed E-state index contributed by atoms with van der Waals surface area (Å²) in [6.07, 6.45) is -0.717. The maximum atomic E-state index is 14.8. The number of benzene rings is 7. The van der Waals surface area contributed by atoms with Crippen molar-refractivity contribution in [1.82, 2.24) is 0 Å². The summed E-state index contributed by atoms with van der Waals surface area (Å²) < 4.78 is 212. The van der Waals surface area contributed by atoms with Gasteiger partial charge in [0.15, 0.2) is 6.61 Å². The molecular formula is C51H25F15O2. The number of hydrogen-bond donors (Lipinski definition) is 0. The first-order valence-electron chi connectivity index (χ1n) is 21.5. The van der Waals surface area contributed by atoms with Crippen LogP contribution in [0.25, 0.3) is 76.3 Å². The van der Waals surface area contributed by atoms with Gasteiger partial charge in [0.1, 0.15) is 0 Å². The minimum atomic E-state index is -8.43. The summed E-state index contributed by atoms with van der Waals surface area (Å²) in [5, 5.41) is 14.3. The quantitative estimate of drug-likeness (QED) is 0.0693. The van der Waals surface area contributed by atoms with Crippen LogP contribution >= 0.6 is 0 Å². The SMILES string of the molecule is O=C(CCCC1(c2ccccc2)C23C=Cc4cc5c6c7c4C21c1c2c4c(cc8ccc9cc(c6c6c9c8c4c6c17)C5)CC2=C3)OCC(F)(F)C(F)(F)C(F)(F)C(F)(F)C(F)(F)C(F)(F)C(F)(F)F. The maximum Gasteiger partial charge on any atom is 0.460 e. The third-order valence-electron chi connectivity index (χ3n) is 16.7. The molecule has 3 unspecified atom stereocenters. The standard InChI is InChI=1S/C51H25F15O2/c52-44(53,46(54,55)47(56,57)48(58,59)49(60,61)50(62,63)51(64,65)66)19-68-28(67)7-4-11-43(27-5-2-1-3-6-27)42-12-10-22-15-25-16-23-13-20-8-9-21-14-24-17-26(18-42)34-33(24)36-30(21)29(20)35-31(23)32(25)38-39(37(35)36)41(34)45(42,43)40(22)38/h1-3,5-6,8-10,12-15,18H,4,7,11,16-17,19H2. The van der Waals surface area contributed by atoms with Crippen LogP contribution in [0.4, 0.5) is 65.9 Å². The van der Waals surface area contributed by atoms with E-state index in [0.29, 0.717) is 6.42 Å². The van der Waals surface area contributed by atoms with Crippen molar-refractivity contribution in [1.29, 1.82) is 0 Å². The smallest absolute Gasteiger partial charge is 0.459 e. The van der Waals surface area contributed by atoms with E-state index in [1.165, 1.54) is 59.8 Å². The molecule has 0 saturated heterocycles. The first-order chi connectivity index (χ1) is 31.8. The number of carbonyl (C=O) groups excluding carboxylic acids is 1. The fourth-order valence-electron chi connectivity index (χ4n) is 14.4. The Labute approximate surface area is 371 Å². The number of rotatable bonds is 12. The molecule has 8 aromatic rings. The first kappa shape index (κ1) is 41.0. The summed E-state index contributed by atoms with van der Waals surface area (Å²) in [6, 6.07) is 20.6. The highest BCUT2D eigenvalue weighted by Crippen LogP contribution is 2.91. The van der Waals surface area contributed by atoms with Crippen LogP contribution in [0.5, 0.6) is 0 Å². The van der Waals surface area contributed by atoms with Gasteiger partial charge in [-0.25, -0.2) is 0 Å². The van der Waals surface area contributed by atoms with E-state index in [0.717, 1.165) is 61.4 Å². The molecule has 2 nitrogen and oxygen atoms in total. The van der Waals surface area contributed by atoms with Gasteiger partial charge >= 0.3 is 47.7 Å². The van der Waals surface area contributed by atoms with Gasteiger partial charge < -0.3 is 4.74 Å². The lowest BCUT2D eigenvalue weighted by molar-refractivity contribution is -0.453. The van der Waals surface area contributed by atoms with Gasteiger partial charge in [-0.05, 0) is 140 Å². The molecule has 0 aromatic heterocycles. The van der Waals surface area contributed by atoms with Crippen molar-refractivity contribution >= 4 is 82.3 Å². The molecule has 1 saturated carbocycles. The average Bonchev–Trinajstić information content (AvgIpc) is 3.79. The van der Waals surface area contributed by atoms with Gasteiger partial charge in [0.25, 0.3) is 0 Å². The van der Waals surface area contributed by atoms with Crippen LogP contribution in [0.3, 0.4) is 0 Å². The number of esters is 1. The Kier molecular flexibility index (Phi) is 6.76. The van der Waals surface area contributed by atoms with E-state index in [1.54, 1.807) is 0 Å². The van der Waals surface area contributed by atoms with E-state index >= 15 is 0 Å². The summed E-state index contributed by atoms with van der Waals surface area (Å²) in [7, 11) is 0. The second-order valence-electron chi connectivity index (χ2n) is 19.4. The summed E-state index contributed by atoms with van der Waals surface area (Å²) in [5.41, 5.74) is 7.48. The zero-order chi connectivity index (χ0) is 47.8. The Morgan fingerprint density at radius 1 is 0.574 bits per heavy atom. The Hall–Kier alpha value is -6.00. The van der Waals surface area contributed by atoms with Gasteiger partial charge in [0, 0.05) is 22.7 Å². The van der Waals surface area contributed by atoms with Crippen molar-refractivity contribution in [3.8, 4) is 0 Å². The molecular weight excluding hydrogens is 930 g/mol. The summed E-state index contributed by atoms with van der Waals surface area (Å²) in [5.74, 6) is -49.3. The summed E-state index contributed by atoms with van der Waals surface area (Å²) in [6.45, 7) is -3.15. The predicted molar refractivity (Wildman–Crippen MR) is 220 cm³/mol. The summed E-state index contributed by atoms with van der Waals surface area (Å²) in [4.78, 5) is 13.2. The van der Waals surface area contributed by atoms with Crippen molar-refractivity contribution in [2.75, 3.05) is 6.61 Å². The van der Waals surface area contributed by atoms with Crippen LogP contribution in [0.15, 0.2) is 72.8 Å². The van der Waals surface area contributed by atoms with Gasteiger partial charge in [-0.15, -0.1) is 0 Å². The van der Waals surface area contributed by atoms with Crippen LogP contribution in [0.2, 0.25) is 0 Å². The van der Waals surface area contributed by atoms with Gasteiger partial charge in [0.2, 0.25) is 0 Å². The van der Waals surface area contributed by atoms with Crippen LogP contribution in [-0.2, 0) is 33.2 Å². The van der Waals surface area contributed by atoms with Crippen LogP contribution in [0.1, 0.15) is 63.8 Å². The number of allylic oxidation sites excluding steroid dienone is 3. The van der Waals surface area contributed by atoms with Crippen molar-refractivity contribution in [3.63, 3.8) is 0 Å². The van der Waals surface area contributed by atoms with Gasteiger partial charge in [-0.2, -0.15) is 65.9 Å². The molecule has 1 spiro atoms. The lowest BCUT2D eigenvalue weighted by atomic mass is 9.70. The third-order valence-corrected chi connectivity index (χ3v) is 16.7. The molecule has 0 radical (unpaired) electrons. The molecule has 6 aliphatic rings. The molecule has 68 heavy (non-hydrogen) atoms. The average molecular weight is 955 g/mol. The highest BCUT2D eigenvalue weighted by molar-refractivity contribution is 6.52. The molecule has 0 heterocycles. The molecule has 0 aliphatic heterocycles. The number of carbonyl (C=O) groups is 1. The van der Waals surface area contributed by atoms with E-state index in [2.05, 4.69) is 53.3 Å². The molecule has 3 atom stereocenters. The molecule has 17 heteroatoms. The zero-order valence-corrected chi connectivity index (χ0v) is 34.2. The van der Waals surface area contributed by atoms with Gasteiger partial charge in [-0.3, -0.25) is 4.79 Å². The largest absolute Gasteiger partial charge is 0.460 e. The van der Waals surface area contributed by atoms with Crippen LogP contribution in [0, 0.1) is 5.41 Å². The molecule has 0 N–H and O–H groups in total. The topological polar surface area (TPSA) is 26.3 Å². The highest BCUT2D eigenvalue weighted by Gasteiger charge is 2.94. The Morgan fingerprint density at radius 3 is 1.79 bits per heavy atom. The summed E-state index contributed by atoms with van der Waals surface area (Å²) >= 11 is 0. The fraction of sp³-hybridized carbons (Fsp3) is 0.314. The van der Waals surface area contributed by atoms with Crippen molar-refractivity contribution in [2.45, 2.75) is 84.6 Å². The maximum absolute atomic E-state index is 14.8. The molecule has 0 amide bonds. The molecule has 6 aliphatic carbocycles. The van der Waals surface area contributed by atoms with Gasteiger partial charge in [0.05, 0.1) is 0 Å². The predicted octanol–water partition coefficient (Wildman–Crippen LogP) is 14.4. The molecule has 0 bridgehead atoms. The highest BCUT2D eigenvalue weighted by atomic mass is 19.4. The lowest BCUT2D eigenvalue weighted by Gasteiger charge is -2.41. The lowest BCUT2D eigenvalue weighted by Crippen LogP contribution is -2.73. The molecule has 8 aromatic carbocycles. The van der Waals surface area contributed by atoms with Crippen molar-refractivity contribution in [3.05, 3.63) is 117 Å². The minimum Gasteiger partial charge on any atom is -0.459 e.